The van der Waals surface area contributed by atoms with Gasteiger partial charge in [0.2, 0.25) is 0 Å². The van der Waals surface area contributed by atoms with Gasteiger partial charge in [-0.2, -0.15) is 0 Å². The van der Waals surface area contributed by atoms with Crippen molar-refractivity contribution >= 4 is 11.3 Å². The normalized spacial score (nSPS) is 11.8. The van der Waals surface area contributed by atoms with E-state index < -0.39 is 0 Å². The molecule has 0 saturated heterocycles. The fourth-order valence-electron chi connectivity index (χ4n) is 2.63. The molecule has 20 heavy (non-hydrogen) atoms. The Morgan fingerprint density at radius 2 is 1.40 bits per heavy atom. The highest BCUT2D eigenvalue weighted by Gasteiger charge is 2.18. The molecule has 1 heteroatoms. The van der Waals surface area contributed by atoms with Crippen LogP contribution in [0.15, 0.2) is 23.6 Å². The predicted octanol–water partition coefficient (Wildman–Crippen LogP) is 6.59. The lowest BCUT2D eigenvalue weighted by atomic mass is 9.82. The third kappa shape index (κ3) is 2.98. The van der Waals surface area contributed by atoms with E-state index in [-0.39, 0.29) is 0 Å². The first-order valence-electron chi connectivity index (χ1n) is 7.55. The molecule has 0 saturated carbocycles. The van der Waals surface area contributed by atoms with Crippen molar-refractivity contribution in [3.05, 3.63) is 45.6 Å². The smallest absolute Gasteiger partial charge is 0.0527 e. The van der Waals surface area contributed by atoms with E-state index in [9.17, 15) is 0 Å². The predicted molar refractivity (Wildman–Crippen MR) is 90.9 cm³/mol. The maximum atomic E-state index is 3.43. The second-order valence-electron chi connectivity index (χ2n) is 6.47. The maximum absolute atomic E-state index is 3.43. The van der Waals surface area contributed by atoms with Crippen LogP contribution in [0.4, 0.5) is 0 Å². The SMILES string of the molecule is CC(C)c1cc(C(C)C)c(-c2[c]scc2)c(C(C)C)c1. The molecule has 0 bridgehead atoms. The molecule has 0 unspecified atom stereocenters. The molecule has 1 radical (unpaired) electrons. The molecule has 0 fully saturated rings. The molecular formula is C19H25S. The van der Waals surface area contributed by atoms with Gasteiger partial charge in [0.25, 0.3) is 0 Å². The van der Waals surface area contributed by atoms with E-state index in [1.54, 1.807) is 11.3 Å². The summed E-state index contributed by atoms with van der Waals surface area (Å²) < 4.78 is 0. The Hall–Kier alpha value is -1.08. The average Bonchev–Trinajstić information content (AvgIpc) is 2.90. The van der Waals surface area contributed by atoms with Crippen LogP contribution >= 0.6 is 11.3 Å². The zero-order chi connectivity index (χ0) is 14.9. The van der Waals surface area contributed by atoms with Crippen LogP contribution in [0.5, 0.6) is 0 Å². The van der Waals surface area contributed by atoms with E-state index in [1.807, 2.05) is 0 Å². The maximum Gasteiger partial charge on any atom is 0.0527 e. The van der Waals surface area contributed by atoms with Crippen molar-refractivity contribution in [2.45, 2.75) is 59.3 Å². The van der Waals surface area contributed by atoms with Crippen LogP contribution in [0, 0.1) is 5.38 Å². The fourth-order valence-corrected chi connectivity index (χ4v) is 3.20. The summed E-state index contributed by atoms with van der Waals surface area (Å²) in [6.07, 6.45) is 0. The summed E-state index contributed by atoms with van der Waals surface area (Å²) in [4.78, 5) is 0. The molecule has 2 rings (SSSR count). The van der Waals surface area contributed by atoms with Gasteiger partial charge in [-0.15, -0.1) is 11.3 Å². The number of benzene rings is 1. The summed E-state index contributed by atoms with van der Waals surface area (Å²) in [5.41, 5.74) is 7.07. The largest absolute Gasteiger partial charge is 0.142 e. The van der Waals surface area contributed by atoms with Crippen molar-refractivity contribution in [1.29, 1.82) is 0 Å². The Labute approximate surface area is 127 Å². The van der Waals surface area contributed by atoms with E-state index in [2.05, 4.69) is 70.5 Å². The van der Waals surface area contributed by atoms with Crippen molar-refractivity contribution in [1.82, 2.24) is 0 Å². The lowest BCUT2D eigenvalue weighted by Crippen LogP contribution is -2.03. The van der Waals surface area contributed by atoms with Crippen LogP contribution in [-0.4, -0.2) is 0 Å². The third-order valence-electron chi connectivity index (χ3n) is 3.87. The van der Waals surface area contributed by atoms with Gasteiger partial charge in [0.15, 0.2) is 0 Å². The van der Waals surface area contributed by atoms with Gasteiger partial charge in [0.1, 0.15) is 0 Å². The summed E-state index contributed by atoms with van der Waals surface area (Å²) >= 11 is 1.66. The van der Waals surface area contributed by atoms with Gasteiger partial charge in [-0.05, 0) is 51.5 Å². The van der Waals surface area contributed by atoms with E-state index in [1.165, 1.54) is 27.8 Å². The highest BCUT2D eigenvalue weighted by atomic mass is 32.1. The molecule has 0 N–H and O–H groups in total. The Morgan fingerprint density at radius 1 is 0.850 bits per heavy atom. The molecule has 1 aromatic heterocycles. The van der Waals surface area contributed by atoms with Gasteiger partial charge in [0, 0.05) is 5.56 Å². The fraction of sp³-hybridized carbons (Fsp3) is 0.474. The lowest BCUT2D eigenvalue weighted by Gasteiger charge is -2.22. The van der Waals surface area contributed by atoms with Crippen molar-refractivity contribution in [2.24, 2.45) is 0 Å². The van der Waals surface area contributed by atoms with E-state index >= 15 is 0 Å². The molecule has 107 valence electrons. The quantitative estimate of drug-likeness (QED) is 0.594. The second kappa shape index (κ2) is 6.13. The molecular weight excluding hydrogens is 260 g/mol. The summed E-state index contributed by atoms with van der Waals surface area (Å²) in [5, 5.41) is 5.56. The van der Waals surface area contributed by atoms with Gasteiger partial charge in [-0.25, -0.2) is 0 Å². The van der Waals surface area contributed by atoms with E-state index in [4.69, 9.17) is 0 Å². The van der Waals surface area contributed by atoms with Gasteiger partial charge < -0.3 is 0 Å². The minimum Gasteiger partial charge on any atom is -0.142 e. The summed E-state index contributed by atoms with van der Waals surface area (Å²) in [7, 11) is 0. The highest BCUT2D eigenvalue weighted by molar-refractivity contribution is 7.07. The van der Waals surface area contributed by atoms with Crippen molar-refractivity contribution in [2.75, 3.05) is 0 Å². The second-order valence-corrected chi connectivity index (χ2v) is 7.19. The zero-order valence-corrected chi connectivity index (χ0v) is 14.3. The van der Waals surface area contributed by atoms with Gasteiger partial charge in [-0.3, -0.25) is 0 Å². The van der Waals surface area contributed by atoms with E-state index in [0.29, 0.717) is 17.8 Å². The first-order valence-corrected chi connectivity index (χ1v) is 8.43. The lowest BCUT2D eigenvalue weighted by molar-refractivity contribution is 0.807. The molecule has 0 aliphatic carbocycles. The Morgan fingerprint density at radius 3 is 1.75 bits per heavy atom. The number of hydrogen-bond acceptors (Lipinski definition) is 1. The molecule has 0 aliphatic heterocycles. The van der Waals surface area contributed by atoms with Crippen molar-refractivity contribution in [3.8, 4) is 11.1 Å². The molecule has 0 amide bonds. The van der Waals surface area contributed by atoms with Crippen LogP contribution in [0.3, 0.4) is 0 Å². The van der Waals surface area contributed by atoms with Gasteiger partial charge in [-0.1, -0.05) is 53.7 Å². The number of hydrogen-bond donors (Lipinski definition) is 0. The minimum atomic E-state index is 0.537. The first kappa shape index (κ1) is 15.3. The standard InChI is InChI=1S/C19H25S/c1-12(2)16-9-17(13(3)4)19(15-7-8-20-11-15)18(10-16)14(5)6/h7-10,12-14H,1-6H3. The Bertz CT molecular complexity index is 530. The first-order chi connectivity index (χ1) is 9.41. The zero-order valence-electron chi connectivity index (χ0n) is 13.4. The topological polar surface area (TPSA) is 0 Å². The summed E-state index contributed by atoms with van der Waals surface area (Å²) in [6.45, 7) is 13.7. The van der Waals surface area contributed by atoms with E-state index in [0.717, 1.165) is 0 Å². The summed E-state index contributed by atoms with van der Waals surface area (Å²) in [6, 6.07) is 7.01. The van der Waals surface area contributed by atoms with Crippen LogP contribution in [-0.2, 0) is 0 Å². The average molecular weight is 285 g/mol. The number of rotatable bonds is 4. The van der Waals surface area contributed by atoms with Crippen LogP contribution in [0.2, 0.25) is 0 Å². The number of thiophene rings is 1. The van der Waals surface area contributed by atoms with Crippen molar-refractivity contribution < 1.29 is 0 Å². The molecule has 0 aliphatic rings. The monoisotopic (exact) mass is 285 g/mol. The van der Waals surface area contributed by atoms with Gasteiger partial charge >= 0.3 is 0 Å². The molecule has 0 nitrogen and oxygen atoms in total. The Balaban J connectivity index is 2.75. The third-order valence-corrected chi connectivity index (χ3v) is 4.48. The van der Waals surface area contributed by atoms with Gasteiger partial charge in [0.05, 0.1) is 5.38 Å². The molecule has 2 aromatic rings. The molecule has 0 spiro atoms. The Kier molecular flexibility index (Phi) is 4.70. The molecule has 1 aromatic carbocycles. The summed E-state index contributed by atoms with van der Waals surface area (Å²) in [5.74, 6) is 1.65. The van der Waals surface area contributed by atoms with Crippen LogP contribution < -0.4 is 0 Å². The van der Waals surface area contributed by atoms with Crippen LogP contribution in [0.1, 0.15) is 76.0 Å². The minimum absolute atomic E-state index is 0.537. The van der Waals surface area contributed by atoms with Crippen molar-refractivity contribution in [3.63, 3.8) is 0 Å². The highest BCUT2D eigenvalue weighted by Crippen LogP contribution is 2.39. The molecule has 0 atom stereocenters. The molecule has 1 heterocycles. The van der Waals surface area contributed by atoms with Crippen LogP contribution in [0.25, 0.3) is 11.1 Å².